The first-order valence-electron chi connectivity index (χ1n) is 11.3. The number of amides is 1. The summed E-state index contributed by atoms with van der Waals surface area (Å²) in [6, 6.07) is 7.14. The van der Waals surface area contributed by atoms with Crippen molar-refractivity contribution >= 4 is 23.7 Å². The van der Waals surface area contributed by atoms with Crippen LogP contribution in [0.2, 0.25) is 0 Å². The van der Waals surface area contributed by atoms with E-state index in [1.807, 2.05) is 0 Å². The van der Waals surface area contributed by atoms with E-state index in [1.54, 1.807) is 12.1 Å². The molecular weight excluding hydrogens is 494 g/mol. The Bertz CT molecular complexity index is 1170. The number of nitrogens with one attached hydrogen (secondary N) is 1. The highest BCUT2D eigenvalue weighted by Gasteiger charge is 2.43. The number of anilines is 1. The van der Waals surface area contributed by atoms with Crippen LogP contribution in [0.25, 0.3) is 0 Å². The molecule has 1 saturated heterocycles. The standard InChI is InChI=1S/C23H27N3O11/c27-12-15-19(31)20(32)21(37-15)26-9-8-16(25-23(26)34)24-17(29)6-3-7-18(30)35-10-11-36-22(33)13-4-1-2-5-14(13)28/h1-2,4-5,8-9,15,19-21,27-28,31-32H,3,6-7,10-12H2,(H,24,25,29,34)/t15-,19-,20+,21-/m1/s1. The molecule has 0 radical (unpaired) electrons. The summed E-state index contributed by atoms with van der Waals surface area (Å²) in [5, 5.41) is 41.0. The number of carbonyl (C=O) groups is 3. The third kappa shape index (κ3) is 7.33. The van der Waals surface area contributed by atoms with Crippen molar-refractivity contribution in [2.75, 3.05) is 25.1 Å². The van der Waals surface area contributed by atoms with E-state index in [1.165, 1.54) is 24.4 Å². The molecule has 14 heteroatoms. The Labute approximate surface area is 210 Å². The highest BCUT2D eigenvalue weighted by molar-refractivity contribution is 5.92. The van der Waals surface area contributed by atoms with Gasteiger partial charge in [-0.1, -0.05) is 12.1 Å². The van der Waals surface area contributed by atoms with Crippen molar-refractivity contribution in [1.82, 2.24) is 9.55 Å². The van der Waals surface area contributed by atoms with Crippen molar-refractivity contribution in [3.63, 3.8) is 0 Å². The lowest BCUT2D eigenvalue weighted by Crippen LogP contribution is -2.36. The van der Waals surface area contributed by atoms with Gasteiger partial charge in [-0.3, -0.25) is 14.2 Å². The van der Waals surface area contributed by atoms with Gasteiger partial charge in [-0.25, -0.2) is 9.59 Å². The molecule has 14 nitrogen and oxygen atoms in total. The van der Waals surface area contributed by atoms with Gasteiger partial charge in [0.25, 0.3) is 0 Å². The van der Waals surface area contributed by atoms with Gasteiger partial charge in [-0.05, 0) is 24.6 Å². The van der Waals surface area contributed by atoms with Crippen LogP contribution in [0, 0.1) is 0 Å². The van der Waals surface area contributed by atoms with Gasteiger partial charge in [0.15, 0.2) is 6.23 Å². The average Bonchev–Trinajstić information content (AvgIpc) is 3.15. The summed E-state index contributed by atoms with van der Waals surface area (Å²) < 4.78 is 16.1. The second kappa shape index (κ2) is 12.9. The molecule has 0 spiro atoms. The number of phenolic OH excluding ortho intramolecular Hbond substituents is 1. The van der Waals surface area contributed by atoms with Crippen LogP contribution in [-0.4, -0.2) is 86.0 Å². The van der Waals surface area contributed by atoms with E-state index in [4.69, 9.17) is 19.3 Å². The molecule has 4 atom stereocenters. The predicted molar refractivity (Wildman–Crippen MR) is 123 cm³/mol. The molecule has 1 aliphatic heterocycles. The predicted octanol–water partition coefficient (Wildman–Crippen LogP) is -0.931. The van der Waals surface area contributed by atoms with E-state index in [0.717, 1.165) is 4.57 Å². The lowest BCUT2D eigenvalue weighted by atomic mass is 10.1. The third-order valence-corrected chi connectivity index (χ3v) is 5.38. The van der Waals surface area contributed by atoms with Crippen molar-refractivity contribution in [2.45, 2.75) is 43.8 Å². The molecule has 1 aromatic carbocycles. The Kier molecular flexibility index (Phi) is 9.68. The molecule has 37 heavy (non-hydrogen) atoms. The largest absolute Gasteiger partial charge is 0.507 e. The number of esters is 2. The number of aromatic hydroxyl groups is 1. The number of aliphatic hydroxyl groups excluding tert-OH is 3. The van der Waals surface area contributed by atoms with E-state index in [-0.39, 0.29) is 49.6 Å². The SMILES string of the molecule is O=C(CCCC(=O)OCCOC(=O)c1ccccc1O)Nc1ccn([C@@H]2O[C@H](CO)[C@@H](O)[C@@H]2O)c(=O)n1. The number of hydrogen-bond donors (Lipinski definition) is 5. The summed E-state index contributed by atoms with van der Waals surface area (Å²) >= 11 is 0. The maximum atomic E-state index is 12.3. The zero-order valence-corrected chi connectivity index (χ0v) is 19.6. The van der Waals surface area contributed by atoms with Crippen LogP contribution in [0.15, 0.2) is 41.3 Å². The molecule has 0 saturated carbocycles. The fourth-order valence-electron chi connectivity index (χ4n) is 3.47. The second-order valence-corrected chi connectivity index (χ2v) is 8.01. The number of hydrogen-bond acceptors (Lipinski definition) is 12. The summed E-state index contributed by atoms with van der Waals surface area (Å²) in [7, 11) is 0. The topological polar surface area (TPSA) is 207 Å². The average molecular weight is 521 g/mol. The number of nitrogens with zero attached hydrogens (tertiary/aromatic N) is 2. The molecule has 1 aliphatic rings. The molecule has 2 heterocycles. The van der Waals surface area contributed by atoms with Gasteiger partial charge in [-0.15, -0.1) is 0 Å². The fraction of sp³-hybridized carbons (Fsp3) is 0.435. The van der Waals surface area contributed by atoms with Gasteiger partial charge in [0, 0.05) is 19.0 Å². The van der Waals surface area contributed by atoms with Crippen molar-refractivity contribution < 1.29 is 49.0 Å². The van der Waals surface area contributed by atoms with Crippen LogP contribution < -0.4 is 11.0 Å². The fourth-order valence-corrected chi connectivity index (χ4v) is 3.47. The number of phenols is 1. The van der Waals surface area contributed by atoms with Crippen LogP contribution >= 0.6 is 0 Å². The van der Waals surface area contributed by atoms with E-state index in [0.29, 0.717) is 0 Å². The van der Waals surface area contributed by atoms with Gasteiger partial charge >= 0.3 is 17.6 Å². The first kappa shape index (κ1) is 27.7. The van der Waals surface area contributed by atoms with Crippen LogP contribution in [0.4, 0.5) is 5.82 Å². The zero-order valence-electron chi connectivity index (χ0n) is 19.6. The number of aliphatic hydroxyl groups is 3. The Morgan fingerprint density at radius 2 is 1.78 bits per heavy atom. The molecule has 1 fully saturated rings. The summed E-state index contributed by atoms with van der Waals surface area (Å²) in [6.45, 7) is -0.953. The molecule has 1 aromatic heterocycles. The van der Waals surface area contributed by atoms with Gasteiger partial charge in [0.2, 0.25) is 5.91 Å². The van der Waals surface area contributed by atoms with E-state index < -0.39 is 54.7 Å². The van der Waals surface area contributed by atoms with Crippen LogP contribution in [0.3, 0.4) is 0 Å². The number of rotatable bonds is 11. The van der Waals surface area contributed by atoms with Crippen molar-refractivity contribution in [3.8, 4) is 5.75 Å². The van der Waals surface area contributed by atoms with E-state index >= 15 is 0 Å². The van der Waals surface area contributed by atoms with Crippen molar-refractivity contribution in [2.24, 2.45) is 0 Å². The molecule has 0 bridgehead atoms. The Hall–Kier alpha value is -3.85. The van der Waals surface area contributed by atoms with Gasteiger partial charge in [-0.2, -0.15) is 4.98 Å². The normalized spacial score (nSPS) is 20.8. The minimum atomic E-state index is -1.46. The molecule has 0 aliphatic carbocycles. The minimum absolute atomic E-state index is 0.00902. The van der Waals surface area contributed by atoms with Crippen LogP contribution in [0.1, 0.15) is 35.8 Å². The third-order valence-electron chi connectivity index (χ3n) is 5.38. The number of aromatic nitrogens is 2. The Morgan fingerprint density at radius 1 is 1.05 bits per heavy atom. The van der Waals surface area contributed by atoms with Gasteiger partial charge in [0.1, 0.15) is 48.7 Å². The number of benzene rings is 1. The molecule has 1 amide bonds. The Morgan fingerprint density at radius 3 is 2.46 bits per heavy atom. The molecule has 5 N–H and O–H groups in total. The number of para-hydroxylation sites is 1. The summed E-state index contributed by atoms with van der Waals surface area (Å²) in [5.41, 5.74) is -0.871. The van der Waals surface area contributed by atoms with Gasteiger partial charge in [0.05, 0.1) is 6.61 Å². The maximum Gasteiger partial charge on any atom is 0.351 e. The van der Waals surface area contributed by atoms with Gasteiger partial charge < -0.3 is 40.0 Å². The minimum Gasteiger partial charge on any atom is -0.507 e. The molecule has 2 aromatic rings. The molecule has 3 rings (SSSR count). The summed E-state index contributed by atoms with van der Waals surface area (Å²) in [5.74, 6) is -2.16. The number of ether oxygens (including phenoxy) is 3. The Balaban J connectivity index is 1.36. The first-order valence-corrected chi connectivity index (χ1v) is 11.3. The summed E-state index contributed by atoms with van der Waals surface area (Å²) in [6.07, 6.45) is -3.95. The quantitative estimate of drug-likeness (QED) is 0.180. The van der Waals surface area contributed by atoms with Crippen molar-refractivity contribution in [1.29, 1.82) is 0 Å². The lowest BCUT2D eigenvalue weighted by molar-refractivity contribution is -0.144. The lowest BCUT2D eigenvalue weighted by Gasteiger charge is -2.17. The highest BCUT2D eigenvalue weighted by Crippen LogP contribution is 2.28. The van der Waals surface area contributed by atoms with Crippen LogP contribution in [-0.2, 0) is 23.8 Å². The monoisotopic (exact) mass is 521 g/mol. The molecule has 0 unspecified atom stereocenters. The zero-order chi connectivity index (χ0) is 26.9. The van der Waals surface area contributed by atoms with E-state index in [2.05, 4.69) is 10.3 Å². The first-order chi connectivity index (χ1) is 17.7. The number of carbonyl (C=O) groups excluding carboxylic acids is 3. The van der Waals surface area contributed by atoms with Crippen molar-refractivity contribution in [3.05, 3.63) is 52.6 Å². The van der Waals surface area contributed by atoms with E-state index in [9.17, 15) is 34.5 Å². The smallest absolute Gasteiger partial charge is 0.351 e. The molecular formula is C23H27N3O11. The maximum absolute atomic E-state index is 12.3. The van der Waals surface area contributed by atoms with Crippen LogP contribution in [0.5, 0.6) is 5.75 Å². The highest BCUT2D eigenvalue weighted by atomic mass is 16.6. The molecule has 200 valence electrons. The second-order valence-electron chi connectivity index (χ2n) is 8.01. The summed E-state index contributed by atoms with van der Waals surface area (Å²) in [4.78, 5) is 51.7.